The summed E-state index contributed by atoms with van der Waals surface area (Å²) >= 11 is 0. The molecule has 18 nitrogen and oxygen atoms in total. The fourth-order valence-corrected chi connectivity index (χ4v) is 11.2. The highest BCUT2D eigenvalue weighted by Crippen LogP contribution is 2.61. The Morgan fingerprint density at radius 3 is 1.33 bits per heavy atom. The molecule has 2 saturated carbocycles. The molecular weight excluding hydrogens is 897 g/mol. The third-order valence-corrected chi connectivity index (χ3v) is 16.0. The largest absolute Gasteiger partial charge is 0.454 e. The number of rotatable bonds is 8. The molecule has 4 aromatic carbocycles. The predicted molar refractivity (Wildman–Crippen MR) is 254 cm³/mol. The minimum Gasteiger partial charge on any atom is -0.454 e. The molecule has 360 valence electrons. The van der Waals surface area contributed by atoms with Crippen LogP contribution in [0.3, 0.4) is 0 Å². The zero-order chi connectivity index (χ0) is 49.7. The van der Waals surface area contributed by atoms with Crippen LogP contribution >= 0.6 is 0 Å². The summed E-state index contributed by atoms with van der Waals surface area (Å²) in [5.74, 6) is -4.52. The number of nitrogens with zero attached hydrogens (tertiary/aromatic N) is 2. The second-order valence-electron chi connectivity index (χ2n) is 19.8. The third-order valence-electron chi connectivity index (χ3n) is 16.0. The summed E-state index contributed by atoms with van der Waals surface area (Å²) in [6, 6.07) is 20.5. The molecule has 0 spiro atoms. The molecule has 12 rings (SSSR count). The van der Waals surface area contributed by atoms with Crippen LogP contribution in [0.5, 0.6) is 11.5 Å². The van der Waals surface area contributed by atoms with Gasteiger partial charge in [0.15, 0.2) is 0 Å². The lowest BCUT2D eigenvalue weighted by Crippen LogP contribution is -2.60. The van der Waals surface area contributed by atoms with E-state index in [4.69, 9.17) is 20.9 Å². The number of carbonyl (C=O) groups excluding carboxylic acids is 4. The molecule has 0 bridgehead atoms. The number of aromatic nitrogens is 4. The van der Waals surface area contributed by atoms with E-state index in [1.807, 2.05) is 24.3 Å². The Morgan fingerprint density at radius 2 is 1.00 bits per heavy atom. The van der Waals surface area contributed by atoms with Crippen molar-refractivity contribution in [1.29, 1.82) is 0 Å². The molecule has 4 aliphatic carbocycles. The van der Waals surface area contributed by atoms with Crippen molar-refractivity contribution >= 4 is 34.8 Å². The van der Waals surface area contributed by atoms with Crippen LogP contribution in [0.1, 0.15) is 138 Å². The Hall–Kier alpha value is -7.70. The van der Waals surface area contributed by atoms with Crippen LogP contribution in [0, 0.1) is 25.7 Å². The SMILES string of the molecule is Cc1c(C(=O)N[C@@]23C(=O)c4c(N)cccc4[C@]2(O)Oc2cc([C@H](C)C4CC4)ccc23)[nH]c(=O)n1C.Cc1c(C(=O)N[C@]23C(=O)c4c(N)cccc4[C@@]2(O)Oc2cc([C@H](C)C4CC4)ccc23)[nH]c(=O)n1C. The van der Waals surface area contributed by atoms with E-state index in [1.165, 1.54) is 48.9 Å². The van der Waals surface area contributed by atoms with Crippen molar-refractivity contribution in [3.05, 3.63) is 161 Å². The molecule has 6 aliphatic rings. The van der Waals surface area contributed by atoms with Crippen LogP contribution in [-0.4, -0.2) is 52.7 Å². The number of ketones is 2. The van der Waals surface area contributed by atoms with Crippen LogP contribution in [0.15, 0.2) is 82.4 Å². The molecule has 6 aromatic rings. The topological polar surface area (TPSA) is 279 Å². The molecule has 2 amide bonds. The zero-order valence-corrected chi connectivity index (χ0v) is 39.3. The van der Waals surface area contributed by atoms with Gasteiger partial charge < -0.3 is 51.8 Å². The standard InChI is InChI=1S/2C26H26N4O5/c2*1-12(14-7-8-14)15-9-10-16-19(11-15)35-26(34)17-5-4-6-18(27)20(17)22(31)25(16,26)29-23(32)21-13(2)30(3)24(33)28-21/h2*4-6,9-12,14,34H,7-8,27H2,1-3H3,(H,28,33)(H,29,32)/t12-,25+,26+;12-,25-,26-/m11/s1. The Bertz CT molecular complexity index is 3220. The van der Waals surface area contributed by atoms with Gasteiger partial charge in [-0.3, -0.25) is 28.3 Å². The van der Waals surface area contributed by atoms with Crippen LogP contribution in [0.2, 0.25) is 0 Å². The minimum absolute atomic E-state index is 0.00150. The van der Waals surface area contributed by atoms with E-state index in [9.17, 15) is 39.0 Å². The number of nitrogens with one attached hydrogen (secondary N) is 4. The van der Waals surface area contributed by atoms with Gasteiger partial charge in [-0.2, -0.15) is 0 Å². The minimum atomic E-state index is -2.21. The van der Waals surface area contributed by atoms with Gasteiger partial charge in [0, 0.05) is 59.1 Å². The van der Waals surface area contributed by atoms with Crippen LogP contribution in [-0.2, 0) is 36.7 Å². The molecule has 2 aliphatic heterocycles. The highest BCUT2D eigenvalue weighted by molar-refractivity contribution is 6.17. The van der Waals surface area contributed by atoms with Crippen molar-refractivity contribution in [3.8, 4) is 11.5 Å². The number of nitrogen functional groups attached to an aromatic ring is 2. The highest BCUT2D eigenvalue weighted by atomic mass is 16.6. The normalized spacial score (nSPS) is 25.0. The molecule has 18 heteroatoms. The van der Waals surface area contributed by atoms with E-state index in [2.05, 4.69) is 34.4 Å². The van der Waals surface area contributed by atoms with Gasteiger partial charge >= 0.3 is 11.4 Å². The first-order valence-corrected chi connectivity index (χ1v) is 23.4. The first-order valence-electron chi connectivity index (χ1n) is 23.4. The zero-order valence-electron chi connectivity index (χ0n) is 39.3. The smallest absolute Gasteiger partial charge is 0.326 e. The van der Waals surface area contributed by atoms with Gasteiger partial charge in [-0.25, -0.2) is 9.59 Å². The van der Waals surface area contributed by atoms with Crippen LogP contribution in [0.4, 0.5) is 11.4 Å². The van der Waals surface area contributed by atoms with E-state index < -0.39 is 57.4 Å². The van der Waals surface area contributed by atoms with E-state index >= 15 is 0 Å². The Morgan fingerprint density at radius 1 is 0.629 bits per heavy atom. The molecule has 10 N–H and O–H groups in total. The molecule has 0 radical (unpaired) electrons. The molecule has 2 fully saturated rings. The number of fused-ring (bicyclic) bond motifs is 10. The lowest BCUT2D eigenvalue weighted by Gasteiger charge is -2.34. The maximum atomic E-state index is 14.0. The average Bonchev–Trinajstić information content (AvgIpc) is 4.26. The molecule has 0 saturated heterocycles. The summed E-state index contributed by atoms with van der Waals surface area (Å²) < 4.78 is 14.9. The van der Waals surface area contributed by atoms with Gasteiger partial charge in [0.1, 0.15) is 22.9 Å². The quantitative estimate of drug-likeness (QED) is 0.0990. The van der Waals surface area contributed by atoms with Gasteiger partial charge in [0.2, 0.25) is 22.6 Å². The number of benzene rings is 4. The van der Waals surface area contributed by atoms with Crippen molar-refractivity contribution in [2.24, 2.45) is 25.9 Å². The van der Waals surface area contributed by atoms with Crippen LogP contribution < -0.4 is 43.0 Å². The Balaban J connectivity index is 0.000000152. The van der Waals surface area contributed by atoms with Crippen molar-refractivity contribution in [2.75, 3.05) is 11.5 Å². The number of hydrogen-bond acceptors (Lipinski definition) is 12. The van der Waals surface area contributed by atoms with E-state index in [0.717, 1.165) is 11.1 Å². The second-order valence-corrected chi connectivity index (χ2v) is 19.8. The first-order chi connectivity index (χ1) is 33.2. The maximum Gasteiger partial charge on any atom is 0.326 e. The van der Waals surface area contributed by atoms with Crippen molar-refractivity contribution in [3.63, 3.8) is 0 Å². The van der Waals surface area contributed by atoms with Crippen molar-refractivity contribution in [1.82, 2.24) is 29.7 Å². The number of aromatic amines is 2. The van der Waals surface area contributed by atoms with E-state index in [1.54, 1.807) is 62.4 Å². The maximum absolute atomic E-state index is 14.0. The molecule has 2 aromatic heterocycles. The predicted octanol–water partition coefficient (Wildman–Crippen LogP) is 4.35. The second kappa shape index (κ2) is 14.9. The summed E-state index contributed by atoms with van der Waals surface area (Å²) in [5, 5.41) is 29.6. The lowest BCUT2D eigenvalue weighted by molar-refractivity contribution is -0.169. The Labute approximate surface area is 400 Å². The number of anilines is 2. The van der Waals surface area contributed by atoms with Gasteiger partial charge in [0.05, 0.1) is 11.1 Å². The van der Waals surface area contributed by atoms with Gasteiger partial charge in [0.25, 0.3) is 23.4 Å². The summed E-state index contributed by atoms with van der Waals surface area (Å²) in [6.07, 6.45) is 4.68. The summed E-state index contributed by atoms with van der Waals surface area (Å²) in [6.45, 7) is 7.53. The number of nitrogens with two attached hydrogens (primary N) is 2. The molecule has 0 unspecified atom stereocenters. The van der Waals surface area contributed by atoms with Crippen LogP contribution in [0.25, 0.3) is 0 Å². The fraction of sp³-hybridized carbons (Fsp3) is 0.346. The lowest BCUT2D eigenvalue weighted by atomic mass is 9.81. The van der Waals surface area contributed by atoms with E-state index in [0.29, 0.717) is 57.7 Å². The van der Waals surface area contributed by atoms with Gasteiger partial charge in [-0.1, -0.05) is 62.4 Å². The fourth-order valence-electron chi connectivity index (χ4n) is 11.2. The third kappa shape index (κ3) is 5.86. The highest BCUT2D eigenvalue weighted by Gasteiger charge is 2.73. The summed E-state index contributed by atoms with van der Waals surface area (Å²) in [5.41, 5.74) is 11.9. The number of ether oxygens (including phenoxy) is 2. The van der Waals surface area contributed by atoms with Crippen molar-refractivity contribution < 1.29 is 38.9 Å². The number of carbonyl (C=O) groups is 4. The average molecular weight is 949 g/mol. The van der Waals surface area contributed by atoms with E-state index in [-0.39, 0.29) is 45.0 Å². The molecular formula is C52H52N8O10. The number of aliphatic hydroxyl groups is 2. The Kier molecular flexibility index (Phi) is 9.53. The number of imidazole rings is 2. The monoisotopic (exact) mass is 948 g/mol. The number of H-pyrrole nitrogens is 2. The number of Topliss-reactive ketones (excluding diaryl/α,β-unsaturated/α-hetero) is 2. The van der Waals surface area contributed by atoms with Gasteiger partial charge in [-0.15, -0.1) is 0 Å². The molecule has 4 heterocycles. The number of amides is 2. The molecule has 70 heavy (non-hydrogen) atoms. The first kappa shape index (κ1) is 44.8. The number of hydrogen-bond donors (Lipinski definition) is 8. The summed E-state index contributed by atoms with van der Waals surface area (Å²) in [7, 11) is 3.07. The van der Waals surface area contributed by atoms with Gasteiger partial charge in [-0.05, 0) is 98.6 Å². The van der Waals surface area contributed by atoms with Crippen molar-refractivity contribution in [2.45, 2.75) is 87.9 Å². The summed E-state index contributed by atoms with van der Waals surface area (Å²) in [4.78, 5) is 84.3. The molecule has 6 atom stereocenters.